The molecule has 2 aliphatic rings. The molecule has 10 nitrogen and oxygen atoms in total. The van der Waals surface area contributed by atoms with Gasteiger partial charge in [-0.25, -0.2) is 0 Å². The van der Waals surface area contributed by atoms with Gasteiger partial charge in [-0.3, -0.25) is 9.59 Å². The zero-order valence-electron chi connectivity index (χ0n) is 24.0. The molecule has 0 bridgehead atoms. The molecule has 0 aliphatic heterocycles. The van der Waals surface area contributed by atoms with Crippen LogP contribution in [0.1, 0.15) is 86.0 Å². The number of nitrogens with zero attached hydrogens (tertiary/aromatic N) is 1. The largest absolute Gasteiger partial charge is 0.466 e. The van der Waals surface area contributed by atoms with E-state index in [1.54, 1.807) is 0 Å². The Morgan fingerprint density at radius 1 is 1.18 bits per heavy atom. The van der Waals surface area contributed by atoms with Gasteiger partial charge in [0.05, 0.1) is 37.3 Å². The van der Waals surface area contributed by atoms with E-state index < -0.39 is 28.7 Å². The molecule has 0 saturated carbocycles. The first-order valence-electron chi connectivity index (χ1n) is 14.2. The van der Waals surface area contributed by atoms with E-state index in [9.17, 15) is 29.9 Å². The number of ether oxygens (including phenoxy) is 2. The van der Waals surface area contributed by atoms with E-state index >= 15 is 0 Å². The second kappa shape index (κ2) is 15.4. The first kappa shape index (κ1) is 32.8. The molecule has 2 aliphatic carbocycles. The highest BCUT2D eigenvalue weighted by molar-refractivity contribution is 5.76. The fraction of sp³-hybridized carbons (Fsp3) is 0.793. The Labute approximate surface area is 231 Å². The highest BCUT2D eigenvalue weighted by Gasteiger charge is 2.42. The zero-order valence-corrected chi connectivity index (χ0v) is 24.0. The fourth-order valence-corrected chi connectivity index (χ4v) is 5.34. The van der Waals surface area contributed by atoms with Crippen LogP contribution in [-0.2, 0) is 23.9 Å². The number of aliphatic hydroxyl groups excluding tert-OH is 2. The van der Waals surface area contributed by atoms with Gasteiger partial charge in [0.15, 0.2) is 0 Å². The van der Waals surface area contributed by atoms with Gasteiger partial charge in [-0.2, -0.15) is 0 Å². The Kier molecular flexibility index (Phi) is 12.9. The molecule has 2 N–H and O–H groups in total. The van der Waals surface area contributed by atoms with E-state index in [0.29, 0.717) is 38.0 Å². The lowest BCUT2D eigenvalue weighted by atomic mass is 9.65. The molecule has 10 heteroatoms. The lowest BCUT2D eigenvalue weighted by molar-refractivity contribution is -0.757. The van der Waals surface area contributed by atoms with Crippen LogP contribution in [-0.4, -0.2) is 58.8 Å². The van der Waals surface area contributed by atoms with Crippen LogP contribution >= 0.6 is 0 Å². The quantitative estimate of drug-likeness (QED) is 0.122. The van der Waals surface area contributed by atoms with Crippen LogP contribution < -0.4 is 0 Å². The highest BCUT2D eigenvalue weighted by Crippen LogP contribution is 2.45. The van der Waals surface area contributed by atoms with E-state index in [1.807, 2.05) is 20.8 Å². The van der Waals surface area contributed by atoms with Crippen molar-refractivity contribution in [2.75, 3.05) is 13.2 Å². The van der Waals surface area contributed by atoms with Crippen LogP contribution in [0.3, 0.4) is 0 Å². The molecule has 0 radical (unpaired) electrons. The zero-order chi connectivity index (χ0) is 29.2. The van der Waals surface area contributed by atoms with Crippen LogP contribution in [0.25, 0.3) is 0 Å². The third-order valence-electron chi connectivity index (χ3n) is 8.07. The molecular weight excluding hydrogens is 506 g/mol. The van der Waals surface area contributed by atoms with Crippen molar-refractivity contribution in [1.82, 2.24) is 0 Å². The summed E-state index contributed by atoms with van der Waals surface area (Å²) >= 11 is 0. The molecule has 7 atom stereocenters. The monoisotopic (exact) mass is 553 g/mol. The summed E-state index contributed by atoms with van der Waals surface area (Å²) in [5.41, 5.74) is 0.640. The topological polar surface area (TPSA) is 145 Å². The predicted octanol–water partition coefficient (Wildman–Crippen LogP) is 4.55. The summed E-state index contributed by atoms with van der Waals surface area (Å²) in [7, 11) is 0. The van der Waals surface area contributed by atoms with Crippen LogP contribution in [0.2, 0.25) is 0 Å². The normalized spacial score (nSPS) is 26.1. The van der Waals surface area contributed by atoms with Crippen molar-refractivity contribution in [3.63, 3.8) is 0 Å². The maximum absolute atomic E-state index is 13.0. The molecule has 0 unspecified atom stereocenters. The molecule has 39 heavy (non-hydrogen) atoms. The number of esters is 2. The number of rotatable bonds is 16. The number of aliphatic hydroxyl groups is 2. The molecule has 0 saturated heterocycles. The minimum Gasteiger partial charge on any atom is -0.466 e. The standard InChI is InChI=1S/C29H47NO9/c1-6-29(4,5)28(34)39-25-16-19(2)15-21-10-9-20(3)24(27(21)25)12-11-22(31)17-23(32)18-26(33)37-13-7-8-14-38-30(35)36/h9-10,15,19-20,22-25,27,31-32H,6-8,11-14,16-18H2,1-5H3/t19-,20-,22+,23+,24-,25-,27-/m0/s1. The minimum absolute atomic E-state index is 0.0518. The number of hydrogen-bond donors (Lipinski definition) is 2. The minimum atomic E-state index is -1.04. The summed E-state index contributed by atoms with van der Waals surface area (Å²) in [6.45, 7) is 10.1. The Balaban J connectivity index is 1.88. The molecule has 0 aromatic rings. The van der Waals surface area contributed by atoms with Crippen LogP contribution in [0.15, 0.2) is 23.8 Å². The van der Waals surface area contributed by atoms with Gasteiger partial charge in [-0.15, -0.1) is 10.1 Å². The SMILES string of the molecule is CCC(C)(C)C(=O)O[C@H]1C[C@@H](C)C=C2C=C[C@H](C)[C@H](CC[C@@H](O)C[C@@H](O)CC(=O)OCCCCO[N+](=O)[O-])[C@H]21. The van der Waals surface area contributed by atoms with E-state index in [2.05, 4.69) is 36.9 Å². The lowest BCUT2D eigenvalue weighted by Crippen LogP contribution is -2.43. The molecule has 222 valence electrons. The van der Waals surface area contributed by atoms with E-state index in [-0.39, 0.29) is 55.9 Å². The number of carbonyl (C=O) groups is 2. The van der Waals surface area contributed by atoms with Gasteiger partial charge in [-0.05, 0) is 82.1 Å². The second-order valence-corrected chi connectivity index (χ2v) is 11.8. The number of carbonyl (C=O) groups excluding carboxylic acids is 2. The van der Waals surface area contributed by atoms with Gasteiger partial charge < -0.3 is 24.5 Å². The lowest BCUT2D eigenvalue weighted by Gasteiger charge is -2.44. The average Bonchev–Trinajstić information content (AvgIpc) is 2.85. The van der Waals surface area contributed by atoms with Crippen molar-refractivity contribution in [2.45, 2.75) is 104 Å². The van der Waals surface area contributed by atoms with Gasteiger partial charge in [0.25, 0.3) is 5.09 Å². The number of allylic oxidation sites excluding steroid dienone is 3. The maximum atomic E-state index is 13.0. The van der Waals surface area contributed by atoms with E-state index in [1.165, 1.54) is 5.57 Å². The van der Waals surface area contributed by atoms with Gasteiger partial charge in [0, 0.05) is 5.92 Å². The maximum Gasteiger partial charge on any atom is 0.311 e. The summed E-state index contributed by atoms with van der Waals surface area (Å²) in [6.07, 6.45) is 7.75. The van der Waals surface area contributed by atoms with Gasteiger partial charge >= 0.3 is 11.9 Å². The molecule has 0 aromatic carbocycles. The van der Waals surface area contributed by atoms with Gasteiger partial charge in [-0.1, -0.05) is 39.0 Å². The summed E-state index contributed by atoms with van der Waals surface area (Å²) in [6, 6.07) is 0. The summed E-state index contributed by atoms with van der Waals surface area (Å²) in [5.74, 6) is 0.00945. The highest BCUT2D eigenvalue weighted by atomic mass is 16.9. The molecule has 0 spiro atoms. The first-order valence-corrected chi connectivity index (χ1v) is 14.2. The number of hydrogen-bond acceptors (Lipinski definition) is 9. The Morgan fingerprint density at radius 3 is 2.54 bits per heavy atom. The molecule has 2 rings (SSSR count). The molecule has 0 fully saturated rings. The summed E-state index contributed by atoms with van der Waals surface area (Å²) in [4.78, 5) is 39.2. The van der Waals surface area contributed by atoms with Crippen molar-refractivity contribution in [2.24, 2.45) is 29.1 Å². The van der Waals surface area contributed by atoms with E-state index in [0.717, 1.165) is 6.42 Å². The Hall–Kier alpha value is -2.46. The smallest absolute Gasteiger partial charge is 0.311 e. The molecule has 0 aromatic heterocycles. The van der Waals surface area contributed by atoms with Crippen molar-refractivity contribution in [3.8, 4) is 0 Å². The fourth-order valence-electron chi connectivity index (χ4n) is 5.34. The molecular formula is C29H47NO9. The van der Waals surface area contributed by atoms with Crippen molar-refractivity contribution >= 4 is 11.9 Å². The Morgan fingerprint density at radius 2 is 1.87 bits per heavy atom. The van der Waals surface area contributed by atoms with Crippen molar-refractivity contribution in [1.29, 1.82) is 0 Å². The molecule has 0 amide bonds. The average molecular weight is 554 g/mol. The molecule has 0 heterocycles. The van der Waals surface area contributed by atoms with E-state index in [4.69, 9.17) is 9.47 Å². The predicted molar refractivity (Wildman–Crippen MR) is 145 cm³/mol. The third-order valence-corrected chi connectivity index (χ3v) is 8.07. The van der Waals surface area contributed by atoms with Crippen molar-refractivity contribution in [3.05, 3.63) is 33.9 Å². The number of fused-ring (bicyclic) bond motifs is 1. The first-order chi connectivity index (χ1) is 18.3. The van der Waals surface area contributed by atoms with Crippen LogP contribution in [0.4, 0.5) is 0 Å². The van der Waals surface area contributed by atoms with Gasteiger partial charge in [0.1, 0.15) is 6.10 Å². The Bertz CT molecular complexity index is 884. The summed E-state index contributed by atoms with van der Waals surface area (Å²) < 4.78 is 11.2. The number of unbranched alkanes of at least 4 members (excludes halogenated alkanes) is 1. The van der Waals surface area contributed by atoms with Crippen molar-refractivity contribution < 1.29 is 39.2 Å². The van der Waals surface area contributed by atoms with Crippen LogP contribution in [0, 0.1) is 39.2 Å². The third kappa shape index (κ3) is 10.6. The second-order valence-electron chi connectivity index (χ2n) is 11.8. The van der Waals surface area contributed by atoms with Gasteiger partial charge in [0.2, 0.25) is 0 Å². The van der Waals surface area contributed by atoms with Crippen LogP contribution in [0.5, 0.6) is 0 Å². The summed E-state index contributed by atoms with van der Waals surface area (Å²) in [5, 5.41) is 30.2.